The number of piperidine rings is 1. The predicted octanol–water partition coefficient (Wildman–Crippen LogP) is 4.49. The van der Waals surface area contributed by atoms with Crippen molar-refractivity contribution < 1.29 is 37.3 Å². The number of fused-ring (bicyclic) bond motifs is 1. The van der Waals surface area contributed by atoms with Crippen LogP contribution in [-0.2, 0) is 27.0 Å². The summed E-state index contributed by atoms with van der Waals surface area (Å²) in [5.74, 6) is -0.903. The fourth-order valence-electron chi connectivity index (χ4n) is 5.76. The van der Waals surface area contributed by atoms with Crippen LogP contribution in [0.1, 0.15) is 59.9 Å². The summed E-state index contributed by atoms with van der Waals surface area (Å²) in [6.07, 6.45) is -1.01. The van der Waals surface area contributed by atoms with Crippen LogP contribution < -0.4 is 10.9 Å². The molecular formula is C32H31ClF3N7O6. The first-order valence-electron chi connectivity index (χ1n) is 15.4. The van der Waals surface area contributed by atoms with Crippen molar-refractivity contribution in [1.82, 2.24) is 29.0 Å². The third-order valence-electron chi connectivity index (χ3n) is 8.28. The van der Waals surface area contributed by atoms with Gasteiger partial charge in [0.25, 0.3) is 11.5 Å². The maximum absolute atomic E-state index is 13.4. The molecule has 0 bridgehead atoms. The molecule has 2 aliphatic rings. The van der Waals surface area contributed by atoms with E-state index in [1.165, 1.54) is 29.0 Å². The molecule has 258 valence electrons. The number of nitrogens with zero attached hydrogens (tertiary/aromatic N) is 6. The van der Waals surface area contributed by atoms with Gasteiger partial charge in [0.1, 0.15) is 12.3 Å². The van der Waals surface area contributed by atoms with Gasteiger partial charge < -0.3 is 29.4 Å². The van der Waals surface area contributed by atoms with Gasteiger partial charge in [0.15, 0.2) is 11.5 Å². The number of benzene rings is 1. The number of pyridine rings is 1. The Morgan fingerprint density at radius 3 is 2.65 bits per heavy atom. The molecule has 3 aromatic heterocycles. The second kappa shape index (κ2) is 14.0. The molecule has 2 N–H and O–H groups in total. The maximum Gasteiger partial charge on any atom is 0.416 e. The van der Waals surface area contributed by atoms with Crippen LogP contribution in [0.5, 0.6) is 5.75 Å². The van der Waals surface area contributed by atoms with Crippen molar-refractivity contribution in [3.05, 3.63) is 86.8 Å². The van der Waals surface area contributed by atoms with E-state index in [9.17, 15) is 32.7 Å². The molecule has 49 heavy (non-hydrogen) atoms. The van der Waals surface area contributed by atoms with E-state index in [1.807, 2.05) is 6.08 Å². The number of hydrogen-bond acceptors (Lipinski definition) is 9. The molecule has 2 aliphatic heterocycles. The van der Waals surface area contributed by atoms with Crippen LogP contribution in [0.3, 0.4) is 0 Å². The Morgan fingerprint density at radius 1 is 1.20 bits per heavy atom. The molecule has 0 saturated carbocycles. The number of carbonyl (C=O) groups excluding carboxylic acids is 2. The Labute approximate surface area is 281 Å². The number of carbonyl (C=O) groups is 2. The quantitative estimate of drug-likeness (QED) is 0.271. The number of aromatic nitrogens is 5. The zero-order valence-corrected chi connectivity index (χ0v) is 26.9. The van der Waals surface area contributed by atoms with E-state index >= 15 is 0 Å². The molecule has 17 heteroatoms. The minimum atomic E-state index is -4.61. The van der Waals surface area contributed by atoms with Crippen LogP contribution in [-0.4, -0.2) is 78.4 Å². The van der Waals surface area contributed by atoms with Crippen LogP contribution in [0.25, 0.3) is 11.4 Å². The summed E-state index contributed by atoms with van der Waals surface area (Å²) in [6, 6.07) is 6.82. The molecule has 0 radical (unpaired) electrons. The predicted molar refractivity (Wildman–Crippen MR) is 170 cm³/mol. The summed E-state index contributed by atoms with van der Waals surface area (Å²) in [5.41, 5.74) is -0.458. The van der Waals surface area contributed by atoms with Crippen molar-refractivity contribution in [2.45, 2.75) is 51.1 Å². The number of halogens is 4. The van der Waals surface area contributed by atoms with Crippen molar-refractivity contribution in [2.24, 2.45) is 0 Å². The molecule has 6 rings (SSSR count). The highest BCUT2D eigenvalue weighted by Crippen LogP contribution is 2.34. The number of aromatic hydroxyl groups is 1. The minimum absolute atomic E-state index is 0.0302. The number of hydrogen-bond donors (Lipinski definition) is 2. The van der Waals surface area contributed by atoms with Gasteiger partial charge in [-0.15, -0.1) is 5.10 Å². The molecule has 0 unspecified atom stereocenters. The molecule has 5 heterocycles. The molecule has 1 aromatic carbocycles. The zero-order valence-electron chi connectivity index (χ0n) is 26.1. The first kappa shape index (κ1) is 34.1. The van der Waals surface area contributed by atoms with Gasteiger partial charge in [0.05, 0.1) is 47.4 Å². The van der Waals surface area contributed by atoms with Crippen LogP contribution in [0.4, 0.5) is 18.9 Å². The first-order chi connectivity index (χ1) is 23.4. The van der Waals surface area contributed by atoms with E-state index < -0.39 is 41.8 Å². The van der Waals surface area contributed by atoms with Crippen LogP contribution >= 0.6 is 11.6 Å². The number of anilines is 1. The van der Waals surface area contributed by atoms with Crippen molar-refractivity contribution in [3.63, 3.8) is 0 Å². The number of likely N-dealkylation sites (tertiary alicyclic amines) is 1. The average molecular weight is 702 g/mol. The Bertz CT molecular complexity index is 1990. The largest absolute Gasteiger partial charge is 0.505 e. The summed E-state index contributed by atoms with van der Waals surface area (Å²) in [7, 11) is 0. The van der Waals surface area contributed by atoms with Crippen LogP contribution in [0, 0.1) is 0 Å². The fraction of sp³-hybridized carbons (Fsp3) is 0.375. The molecule has 13 nitrogen and oxygen atoms in total. The van der Waals surface area contributed by atoms with Gasteiger partial charge in [-0.2, -0.15) is 22.7 Å². The molecular weight excluding hydrogens is 671 g/mol. The van der Waals surface area contributed by atoms with E-state index in [0.717, 1.165) is 28.3 Å². The second-order valence-corrected chi connectivity index (χ2v) is 12.0. The maximum atomic E-state index is 13.4. The molecule has 0 spiro atoms. The van der Waals surface area contributed by atoms with Gasteiger partial charge in [0, 0.05) is 25.4 Å². The van der Waals surface area contributed by atoms with Crippen molar-refractivity contribution in [1.29, 1.82) is 0 Å². The highest BCUT2D eigenvalue weighted by molar-refractivity contribution is 6.33. The zero-order chi connectivity index (χ0) is 34.9. The summed E-state index contributed by atoms with van der Waals surface area (Å²) in [5, 5.41) is 16.7. The Hall–Kier alpha value is -4.80. The third kappa shape index (κ3) is 7.45. The summed E-state index contributed by atoms with van der Waals surface area (Å²) in [4.78, 5) is 49.8. The molecule has 1 fully saturated rings. The number of alkyl halides is 3. The summed E-state index contributed by atoms with van der Waals surface area (Å²) < 4.78 is 53.7. The second-order valence-electron chi connectivity index (χ2n) is 11.6. The minimum Gasteiger partial charge on any atom is -0.505 e. The lowest BCUT2D eigenvalue weighted by molar-refractivity contribution is -0.137. The number of amides is 2. The van der Waals surface area contributed by atoms with E-state index in [0.29, 0.717) is 57.1 Å². The standard InChI is InChI=1S/C32H31ClF3N7O6/c1-18(49-21-6-11-41(12-7-21)30(47)28-25(44)3-2-10-37-28)24-16-27(46)43-31(39-29(40-43)19-8-13-48-14-9-19)42(24)17-26(45)38-23-5-4-20(15-22(23)33)32(34,35)36/h2-5,8,10,15-16,18,21,44H,6-7,9,11-14,17H2,1H3,(H,38,45)/t18-/m1/s1. The first-order valence-corrected chi connectivity index (χ1v) is 15.8. The van der Waals surface area contributed by atoms with Crippen molar-refractivity contribution >= 4 is 40.5 Å². The lowest BCUT2D eigenvalue weighted by Crippen LogP contribution is -2.41. The highest BCUT2D eigenvalue weighted by Gasteiger charge is 2.32. The Morgan fingerprint density at radius 2 is 1.98 bits per heavy atom. The van der Waals surface area contributed by atoms with E-state index in [4.69, 9.17) is 21.1 Å². The molecule has 1 atom stereocenters. The monoisotopic (exact) mass is 701 g/mol. The Balaban J connectivity index is 1.25. The average Bonchev–Trinajstić information content (AvgIpc) is 3.54. The molecule has 2 amide bonds. The van der Waals surface area contributed by atoms with Gasteiger partial charge in [-0.3, -0.25) is 14.4 Å². The lowest BCUT2D eigenvalue weighted by atomic mass is 10.1. The van der Waals surface area contributed by atoms with E-state index in [1.54, 1.807) is 11.8 Å². The van der Waals surface area contributed by atoms with Gasteiger partial charge in [0.2, 0.25) is 11.7 Å². The van der Waals surface area contributed by atoms with Gasteiger partial charge in [-0.1, -0.05) is 17.7 Å². The smallest absolute Gasteiger partial charge is 0.416 e. The normalized spacial score (nSPS) is 16.4. The topological polar surface area (TPSA) is 153 Å². The summed E-state index contributed by atoms with van der Waals surface area (Å²) in [6.45, 7) is 2.78. The number of rotatable bonds is 8. The number of ether oxygens (including phenoxy) is 2. The third-order valence-corrected chi connectivity index (χ3v) is 8.59. The van der Waals surface area contributed by atoms with Crippen molar-refractivity contribution in [3.8, 4) is 5.75 Å². The summed E-state index contributed by atoms with van der Waals surface area (Å²) >= 11 is 6.08. The molecule has 1 saturated heterocycles. The van der Waals surface area contributed by atoms with Gasteiger partial charge in [-0.25, -0.2) is 4.98 Å². The lowest BCUT2D eigenvalue weighted by Gasteiger charge is -2.33. The highest BCUT2D eigenvalue weighted by atomic mass is 35.5. The Kier molecular flexibility index (Phi) is 9.72. The molecule has 0 aliphatic carbocycles. The van der Waals surface area contributed by atoms with Gasteiger partial charge >= 0.3 is 6.18 Å². The van der Waals surface area contributed by atoms with E-state index in [2.05, 4.69) is 20.4 Å². The van der Waals surface area contributed by atoms with E-state index in [-0.39, 0.29) is 34.0 Å². The van der Waals surface area contributed by atoms with Crippen LogP contribution in [0.2, 0.25) is 5.02 Å². The number of nitrogens with one attached hydrogen (secondary N) is 1. The SMILES string of the molecule is C[C@@H](OC1CCN(C(=O)c2ncccc2O)CC1)c1cc(=O)n2nc(C3=CCOCC3)nc2n1CC(=O)Nc1ccc(C(F)(F)F)cc1Cl. The van der Waals surface area contributed by atoms with Crippen LogP contribution in [0.15, 0.2) is 53.5 Å². The fourth-order valence-corrected chi connectivity index (χ4v) is 5.99. The van der Waals surface area contributed by atoms with Gasteiger partial charge in [-0.05, 0) is 62.1 Å². The molecule has 4 aromatic rings. The van der Waals surface area contributed by atoms with Crippen molar-refractivity contribution in [2.75, 3.05) is 31.6 Å².